The summed E-state index contributed by atoms with van der Waals surface area (Å²) in [7, 11) is 1.91. The molecule has 1 saturated heterocycles. The van der Waals surface area contributed by atoms with Gasteiger partial charge in [-0.2, -0.15) is 5.48 Å². The lowest BCUT2D eigenvalue weighted by atomic mass is 10.0. The molecule has 24 heavy (non-hydrogen) atoms. The molecular weight excluding hydrogens is 417 g/mol. The number of nitrogens with one attached hydrogen (secondary N) is 3. The molecule has 0 bridgehead atoms. The summed E-state index contributed by atoms with van der Waals surface area (Å²) in [5, 5.41) is 6.68. The van der Waals surface area contributed by atoms with Gasteiger partial charge in [-0.3, -0.25) is 4.84 Å². The van der Waals surface area contributed by atoms with Gasteiger partial charge in [0.1, 0.15) is 6.17 Å². The average Bonchev–Trinajstić information content (AvgIpc) is 2.58. The summed E-state index contributed by atoms with van der Waals surface area (Å²) < 4.78 is 6.82. The van der Waals surface area contributed by atoms with Crippen LogP contribution in [0.2, 0.25) is 0 Å². The van der Waals surface area contributed by atoms with E-state index in [1.165, 1.54) is 9.13 Å². The van der Waals surface area contributed by atoms with Crippen LogP contribution in [0.25, 0.3) is 6.08 Å². The van der Waals surface area contributed by atoms with Gasteiger partial charge in [0, 0.05) is 16.6 Å². The molecule has 1 aliphatic rings. The lowest BCUT2D eigenvalue weighted by molar-refractivity contribution is -0.208. The van der Waals surface area contributed by atoms with Crippen molar-refractivity contribution in [2.45, 2.75) is 51.1 Å². The first-order chi connectivity index (χ1) is 11.5. The van der Waals surface area contributed by atoms with E-state index in [1.807, 2.05) is 13.2 Å². The van der Waals surface area contributed by atoms with Crippen molar-refractivity contribution in [1.82, 2.24) is 16.1 Å². The number of hydroxylamine groups is 1. The molecular formula is C18H28IN3O2. The van der Waals surface area contributed by atoms with E-state index in [2.05, 4.69) is 82.9 Å². The van der Waals surface area contributed by atoms with Gasteiger partial charge in [0.2, 0.25) is 0 Å². The fraction of sp³-hybridized carbons (Fsp3) is 0.556. The van der Waals surface area contributed by atoms with E-state index in [0.29, 0.717) is 0 Å². The average molecular weight is 445 g/mol. The van der Waals surface area contributed by atoms with E-state index in [1.54, 1.807) is 0 Å². The maximum atomic E-state index is 5.70. The molecule has 6 heteroatoms. The lowest BCUT2D eigenvalue weighted by Gasteiger charge is -2.36. The fourth-order valence-corrected chi connectivity index (χ4v) is 2.88. The molecule has 1 aromatic carbocycles. The zero-order valence-corrected chi connectivity index (χ0v) is 16.8. The van der Waals surface area contributed by atoms with E-state index < -0.39 is 0 Å². The Labute approximate surface area is 158 Å². The maximum Gasteiger partial charge on any atom is 0.177 e. The Bertz CT molecular complexity index is 514. The SMILES string of the molecule is CNC(NOC1CCCCO1)C(C)(C)NC=Cc1ccc(I)cc1. The number of hydrogen-bond donors (Lipinski definition) is 3. The van der Waals surface area contributed by atoms with Crippen molar-refractivity contribution in [1.29, 1.82) is 0 Å². The van der Waals surface area contributed by atoms with E-state index in [0.717, 1.165) is 25.9 Å². The molecule has 2 atom stereocenters. The Kier molecular flexibility index (Phi) is 7.96. The van der Waals surface area contributed by atoms with E-state index in [4.69, 9.17) is 9.57 Å². The van der Waals surface area contributed by atoms with Gasteiger partial charge in [-0.1, -0.05) is 12.1 Å². The highest BCUT2D eigenvalue weighted by Gasteiger charge is 2.28. The number of halogens is 1. The van der Waals surface area contributed by atoms with Crippen molar-refractivity contribution in [2.24, 2.45) is 0 Å². The van der Waals surface area contributed by atoms with Crippen LogP contribution in [-0.4, -0.2) is 31.6 Å². The third kappa shape index (κ3) is 6.33. The third-order valence-electron chi connectivity index (χ3n) is 4.07. The molecule has 0 aromatic heterocycles. The monoisotopic (exact) mass is 445 g/mol. The second kappa shape index (κ2) is 9.72. The maximum absolute atomic E-state index is 5.70. The second-order valence-corrected chi connectivity index (χ2v) is 7.75. The summed E-state index contributed by atoms with van der Waals surface area (Å²) in [5.41, 5.74) is 4.02. The molecule has 134 valence electrons. The van der Waals surface area contributed by atoms with Crippen molar-refractivity contribution < 1.29 is 9.57 Å². The molecule has 2 unspecified atom stereocenters. The van der Waals surface area contributed by atoms with Crippen LogP contribution in [0.1, 0.15) is 38.7 Å². The van der Waals surface area contributed by atoms with Gasteiger partial charge < -0.3 is 15.4 Å². The van der Waals surface area contributed by atoms with Crippen LogP contribution in [0.15, 0.2) is 30.5 Å². The minimum Gasteiger partial charge on any atom is -0.383 e. The van der Waals surface area contributed by atoms with E-state index >= 15 is 0 Å². The summed E-state index contributed by atoms with van der Waals surface area (Å²) in [6, 6.07) is 8.40. The molecule has 2 rings (SSSR count). The predicted molar refractivity (Wildman–Crippen MR) is 106 cm³/mol. The summed E-state index contributed by atoms with van der Waals surface area (Å²) in [5.74, 6) is 0. The Morgan fingerprint density at radius 2 is 2.04 bits per heavy atom. The van der Waals surface area contributed by atoms with Gasteiger partial charge in [-0.15, -0.1) is 0 Å². The Morgan fingerprint density at radius 3 is 2.67 bits per heavy atom. The highest BCUT2D eigenvalue weighted by molar-refractivity contribution is 14.1. The van der Waals surface area contributed by atoms with E-state index in [9.17, 15) is 0 Å². The summed E-state index contributed by atoms with van der Waals surface area (Å²) in [6.07, 6.45) is 7.02. The quantitative estimate of drug-likeness (QED) is 0.326. The van der Waals surface area contributed by atoms with Crippen molar-refractivity contribution in [2.75, 3.05) is 13.7 Å². The standard InChI is InChI=1S/C18H28IN3O2/c1-18(2,21-12-11-14-7-9-15(19)10-8-14)17(20-3)22-24-16-6-4-5-13-23-16/h7-12,16-17,20-22H,4-6,13H2,1-3H3. The van der Waals surface area contributed by atoms with Gasteiger partial charge in [-0.25, -0.2) is 0 Å². The largest absolute Gasteiger partial charge is 0.383 e. The third-order valence-corrected chi connectivity index (χ3v) is 4.79. The van der Waals surface area contributed by atoms with Gasteiger partial charge >= 0.3 is 0 Å². The van der Waals surface area contributed by atoms with Gasteiger partial charge in [0.05, 0.1) is 5.54 Å². The van der Waals surface area contributed by atoms with Gasteiger partial charge in [-0.05, 0) is 86.3 Å². The fourth-order valence-electron chi connectivity index (χ4n) is 2.53. The topological polar surface area (TPSA) is 54.5 Å². The van der Waals surface area contributed by atoms with Crippen LogP contribution in [-0.2, 0) is 9.57 Å². The number of likely N-dealkylation sites (N-methyl/N-ethyl adjacent to an activating group) is 1. The van der Waals surface area contributed by atoms with Crippen LogP contribution < -0.4 is 16.1 Å². The highest BCUT2D eigenvalue weighted by Crippen LogP contribution is 2.14. The first-order valence-electron chi connectivity index (χ1n) is 8.41. The molecule has 0 aliphatic carbocycles. The highest BCUT2D eigenvalue weighted by atomic mass is 127. The predicted octanol–water partition coefficient (Wildman–Crippen LogP) is 3.22. The second-order valence-electron chi connectivity index (χ2n) is 6.50. The normalized spacial score (nSPS) is 20.2. The van der Waals surface area contributed by atoms with Crippen LogP contribution >= 0.6 is 22.6 Å². The molecule has 1 aromatic rings. The van der Waals surface area contributed by atoms with Gasteiger partial charge in [0.25, 0.3) is 0 Å². The van der Waals surface area contributed by atoms with Crippen molar-refractivity contribution in [3.63, 3.8) is 0 Å². The molecule has 0 radical (unpaired) electrons. The Hall–Kier alpha value is -0.670. The first-order valence-corrected chi connectivity index (χ1v) is 9.49. The van der Waals surface area contributed by atoms with Crippen molar-refractivity contribution in [3.05, 3.63) is 39.6 Å². The van der Waals surface area contributed by atoms with Crippen molar-refractivity contribution >= 4 is 28.7 Å². The number of benzene rings is 1. The summed E-state index contributed by atoms with van der Waals surface area (Å²) >= 11 is 2.31. The van der Waals surface area contributed by atoms with Crippen LogP contribution in [0.4, 0.5) is 0 Å². The zero-order valence-electron chi connectivity index (χ0n) is 14.6. The molecule has 0 spiro atoms. The lowest BCUT2D eigenvalue weighted by Crippen LogP contribution is -2.61. The first kappa shape index (κ1) is 19.7. The van der Waals surface area contributed by atoms with Crippen LogP contribution in [0.3, 0.4) is 0 Å². The van der Waals surface area contributed by atoms with E-state index in [-0.39, 0.29) is 18.0 Å². The minimum atomic E-state index is -0.247. The molecule has 1 aliphatic heterocycles. The molecule has 1 heterocycles. The summed E-state index contributed by atoms with van der Waals surface area (Å²) in [4.78, 5) is 5.70. The van der Waals surface area contributed by atoms with Crippen LogP contribution in [0, 0.1) is 3.57 Å². The zero-order chi connectivity index (χ0) is 17.4. The molecule has 0 saturated carbocycles. The van der Waals surface area contributed by atoms with Gasteiger partial charge in [0.15, 0.2) is 6.29 Å². The molecule has 0 amide bonds. The van der Waals surface area contributed by atoms with Crippen molar-refractivity contribution in [3.8, 4) is 0 Å². The molecule has 3 N–H and O–H groups in total. The Morgan fingerprint density at radius 1 is 1.29 bits per heavy atom. The van der Waals surface area contributed by atoms with Crippen LogP contribution in [0.5, 0.6) is 0 Å². The summed E-state index contributed by atoms with van der Waals surface area (Å²) in [6.45, 7) is 5.01. The number of hydrogen-bond acceptors (Lipinski definition) is 5. The molecule has 1 fully saturated rings. The Balaban J connectivity index is 1.84. The number of ether oxygens (including phenoxy) is 1. The minimum absolute atomic E-state index is 0.0654. The number of rotatable bonds is 8. The molecule has 5 nitrogen and oxygen atoms in total. The smallest absolute Gasteiger partial charge is 0.177 e.